The first kappa shape index (κ1) is 25.0. The summed E-state index contributed by atoms with van der Waals surface area (Å²) in [5.41, 5.74) is 3.35. The SMILES string of the molecule is Cc1cc(C(=O)OC(C)C(=O)NCC(=O)Nc2c(C)cccc2C)cc(S(N)(=O)=O)c1C. The zero-order valence-electron chi connectivity index (χ0n) is 18.6. The van der Waals surface area contributed by atoms with Gasteiger partial charge < -0.3 is 15.4 Å². The highest BCUT2D eigenvalue weighted by molar-refractivity contribution is 7.89. The maximum atomic E-state index is 12.4. The molecule has 0 spiro atoms. The maximum Gasteiger partial charge on any atom is 0.338 e. The van der Waals surface area contributed by atoms with E-state index in [1.165, 1.54) is 13.0 Å². The van der Waals surface area contributed by atoms with Crippen LogP contribution in [0.15, 0.2) is 35.2 Å². The van der Waals surface area contributed by atoms with E-state index in [9.17, 15) is 22.8 Å². The lowest BCUT2D eigenvalue weighted by atomic mass is 10.1. The first-order valence-corrected chi connectivity index (χ1v) is 11.3. The van der Waals surface area contributed by atoms with E-state index in [-0.39, 0.29) is 17.0 Å². The number of sulfonamides is 1. The lowest BCUT2D eigenvalue weighted by Crippen LogP contribution is -2.40. The Morgan fingerprint density at radius 1 is 1.03 bits per heavy atom. The van der Waals surface area contributed by atoms with E-state index in [2.05, 4.69) is 10.6 Å². The summed E-state index contributed by atoms with van der Waals surface area (Å²) in [6, 6.07) is 8.16. The van der Waals surface area contributed by atoms with Crippen molar-refractivity contribution in [1.29, 1.82) is 0 Å². The number of primary sulfonamides is 1. The number of rotatable bonds is 7. The Morgan fingerprint density at radius 2 is 1.62 bits per heavy atom. The number of anilines is 1. The molecule has 1 atom stereocenters. The molecule has 1 unspecified atom stereocenters. The number of benzene rings is 2. The molecular weight excluding hydrogens is 434 g/mol. The highest BCUT2D eigenvalue weighted by Crippen LogP contribution is 2.21. The molecule has 0 aliphatic rings. The number of ether oxygens (including phenoxy) is 1. The van der Waals surface area contributed by atoms with Crippen LogP contribution < -0.4 is 15.8 Å². The minimum atomic E-state index is -4.04. The molecule has 2 aromatic carbocycles. The summed E-state index contributed by atoms with van der Waals surface area (Å²) >= 11 is 0. The number of hydrogen-bond acceptors (Lipinski definition) is 6. The molecule has 32 heavy (non-hydrogen) atoms. The first-order valence-electron chi connectivity index (χ1n) is 9.80. The predicted molar refractivity (Wildman–Crippen MR) is 120 cm³/mol. The fourth-order valence-corrected chi connectivity index (χ4v) is 3.91. The molecule has 4 N–H and O–H groups in total. The second-order valence-corrected chi connectivity index (χ2v) is 9.07. The Balaban J connectivity index is 2.00. The van der Waals surface area contributed by atoms with Crippen molar-refractivity contribution in [2.75, 3.05) is 11.9 Å². The summed E-state index contributed by atoms with van der Waals surface area (Å²) in [6.07, 6.45) is -1.21. The average molecular weight is 462 g/mol. The third kappa shape index (κ3) is 6.14. The van der Waals surface area contributed by atoms with Crippen molar-refractivity contribution in [3.63, 3.8) is 0 Å². The molecule has 9 nitrogen and oxygen atoms in total. The van der Waals surface area contributed by atoms with Crippen molar-refractivity contribution in [2.45, 2.75) is 45.6 Å². The van der Waals surface area contributed by atoms with Gasteiger partial charge in [-0.25, -0.2) is 18.4 Å². The van der Waals surface area contributed by atoms with Crippen molar-refractivity contribution in [3.05, 3.63) is 58.1 Å². The third-order valence-corrected chi connectivity index (χ3v) is 6.02. The van der Waals surface area contributed by atoms with Crippen LogP contribution >= 0.6 is 0 Å². The maximum absolute atomic E-state index is 12.4. The molecule has 2 aromatic rings. The normalized spacial score (nSPS) is 12.1. The molecule has 0 radical (unpaired) electrons. The van der Waals surface area contributed by atoms with Crippen LogP contribution in [0.2, 0.25) is 0 Å². The molecule has 0 bridgehead atoms. The predicted octanol–water partition coefficient (Wildman–Crippen LogP) is 1.87. The van der Waals surface area contributed by atoms with Gasteiger partial charge in [0.05, 0.1) is 17.0 Å². The molecule has 0 saturated carbocycles. The minimum absolute atomic E-state index is 0.0513. The van der Waals surface area contributed by atoms with Gasteiger partial charge in [0.1, 0.15) is 0 Å². The number of carbonyl (C=O) groups is 3. The molecule has 0 aliphatic heterocycles. The highest BCUT2D eigenvalue weighted by atomic mass is 32.2. The summed E-state index contributed by atoms with van der Waals surface area (Å²) in [5.74, 6) is -1.99. The van der Waals surface area contributed by atoms with Gasteiger partial charge in [0.25, 0.3) is 5.91 Å². The van der Waals surface area contributed by atoms with Crippen LogP contribution in [0.1, 0.15) is 39.5 Å². The summed E-state index contributed by atoms with van der Waals surface area (Å²) in [5, 5.41) is 10.4. The number of esters is 1. The summed E-state index contributed by atoms with van der Waals surface area (Å²) in [7, 11) is -4.04. The van der Waals surface area contributed by atoms with Crippen LogP contribution in [0.4, 0.5) is 5.69 Å². The van der Waals surface area contributed by atoms with Crippen LogP contribution in [-0.4, -0.2) is 38.9 Å². The molecule has 2 amide bonds. The standard InChI is InChI=1S/C22H27N3O6S/c1-12-7-6-8-13(2)20(12)25-19(26)11-24-21(27)16(5)31-22(28)17-9-14(3)15(4)18(10-17)32(23,29)30/h6-10,16H,11H2,1-5H3,(H,24,27)(H,25,26)(H2,23,29,30). The number of nitrogens with one attached hydrogen (secondary N) is 2. The van der Waals surface area contributed by atoms with E-state index in [1.54, 1.807) is 13.8 Å². The zero-order chi connectivity index (χ0) is 24.2. The van der Waals surface area contributed by atoms with Crippen LogP contribution in [0.5, 0.6) is 0 Å². The van der Waals surface area contributed by atoms with E-state index < -0.39 is 33.9 Å². The number of amides is 2. The number of nitrogens with two attached hydrogens (primary N) is 1. The molecule has 0 aromatic heterocycles. The van der Waals surface area contributed by atoms with E-state index in [0.29, 0.717) is 16.8 Å². The largest absolute Gasteiger partial charge is 0.449 e. The van der Waals surface area contributed by atoms with E-state index in [4.69, 9.17) is 9.88 Å². The van der Waals surface area contributed by atoms with Gasteiger partial charge in [-0.1, -0.05) is 18.2 Å². The van der Waals surface area contributed by atoms with E-state index >= 15 is 0 Å². The van der Waals surface area contributed by atoms with Crippen LogP contribution in [-0.2, 0) is 24.3 Å². The number of para-hydroxylation sites is 1. The molecule has 2 rings (SSSR count). The minimum Gasteiger partial charge on any atom is -0.449 e. The van der Waals surface area contributed by atoms with Crippen molar-refractivity contribution in [2.24, 2.45) is 5.14 Å². The Hall–Kier alpha value is -3.24. The third-order valence-electron chi connectivity index (χ3n) is 4.98. The Labute approximate surface area is 187 Å². The highest BCUT2D eigenvalue weighted by Gasteiger charge is 2.22. The van der Waals surface area contributed by atoms with Gasteiger partial charge in [-0.05, 0) is 69.0 Å². The molecule has 0 aliphatic carbocycles. The van der Waals surface area contributed by atoms with Crippen LogP contribution in [0.25, 0.3) is 0 Å². The number of hydrogen-bond donors (Lipinski definition) is 3. The van der Waals surface area contributed by atoms with Gasteiger partial charge >= 0.3 is 5.97 Å². The van der Waals surface area contributed by atoms with E-state index in [1.807, 2.05) is 32.0 Å². The van der Waals surface area contributed by atoms with Gasteiger partial charge in [0.15, 0.2) is 6.10 Å². The summed E-state index contributed by atoms with van der Waals surface area (Å²) < 4.78 is 28.6. The van der Waals surface area contributed by atoms with Crippen molar-refractivity contribution in [1.82, 2.24) is 5.32 Å². The fourth-order valence-electron chi connectivity index (χ4n) is 3.03. The van der Waals surface area contributed by atoms with Crippen molar-refractivity contribution >= 4 is 33.5 Å². The second kappa shape index (κ2) is 9.92. The first-order chi connectivity index (χ1) is 14.8. The fraction of sp³-hybridized carbons (Fsp3) is 0.318. The van der Waals surface area contributed by atoms with Crippen molar-refractivity contribution in [3.8, 4) is 0 Å². The smallest absolute Gasteiger partial charge is 0.338 e. The Bertz CT molecular complexity index is 1150. The monoisotopic (exact) mass is 461 g/mol. The van der Waals surface area contributed by atoms with Crippen LogP contribution in [0, 0.1) is 27.7 Å². The van der Waals surface area contributed by atoms with Crippen LogP contribution in [0.3, 0.4) is 0 Å². The van der Waals surface area contributed by atoms with Crippen molar-refractivity contribution < 1.29 is 27.5 Å². The lowest BCUT2D eigenvalue weighted by Gasteiger charge is -2.16. The number of aryl methyl sites for hydroxylation is 3. The van der Waals surface area contributed by atoms with Gasteiger partial charge in [-0.2, -0.15) is 0 Å². The Morgan fingerprint density at radius 3 is 2.19 bits per heavy atom. The Kier molecular flexibility index (Phi) is 7.76. The molecule has 172 valence electrons. The summed E-state index contributed by atoms with van der Waals surface area (Å²) in [4.78, 5) is 36.7. The molecular formula is C22H27N3O6S. The average Bonchev–Trinajstić information content (AvgIpc) is 2.69. The van der Waals surface area contributed by atoms with Gasteiger partial charge in [-0.3, -0.25) is 9.59 Å². The van der Waals surface area contributed by atoms with E-state index in [0.717, 1.165) is 17.2 Å². The molecule has 0 fully saturated rings. The lowest BCUT2D eigenvalue weighted by molar-refractivity contribution is -0.130. The van der Waals surface area contributed by atoms with Gasteiger partial charge in [0.2, 0.25) is 15.9 Å². The zero-order valence-corrected chi connectivity index (χ0v) is 19.4. The number of carbonyl (C=O) groups excluding carboxylic acids is 3. The van der Waals surface area contributed by atoms with Gasteiger partial charge in [-0.15, -0.1) is 0 Å². The van der Waals surface area contributed by atoms with Gasteiger partial charge in [0, 0.05) is 5.69 Å². The second-order valence-electron chi connectivity index (χ2n) is 7.54. The quantitative estimate of drug-likeness (QED) is 0.537. The topological polar surface area (TPSA) is 145 Å². The summed E-state index contributed by atoms with van der Waals surface area (Å²) in [6.45, 7) is 7.95. The molecule has 0 saturated heterocycles. The molecule has 10 heteroatoms. The molecule has 0 heterocycles.